The molecule has 2 aliphatic rings. The van der Waals surface area contributed by atoms with Gasteiger partial charge in [-0.3, -0.25) is 9.59 Å². The van der Waals surface area contributed by atoms with Gasteiger partial charge in [0.15, 0.2) is 0 Å². The molecule has 2 fully saturated rings. The molecular weight excluding hydrogens is 464 g/mol. The van der Waals surface area contributed by atoms with Crippen LogP contribution in [0, 0.1) is 0 Å². The van der Waals surface area contributed by atoms with Crippen molar-refractivity contribution in [3.05, 3.63) is 65.9 Å². The fourth-order valence-corrected chi connectivity index (χ4v) is 5.58. The Hall–Kier alpha value is -3.32. The van der Waals surface area contributed by atoms with Gasteiger partial charge in [0.2, 0.25) is 0 Å². The van der Waals surface area contributed by atoms with Crippen LogP contribution in [0.4, 0.5) is 0 Å². The molecule has 2 aliphatic heterocycles. The minimum Gasteiger partial charge on any atom is -0.494 e. The lowest BCUT2D eigenvalue weighted by molar-refractivity contribution is 0.0695. The number of hydrogen-bond acceptors (Lipinski definition) is 4. The summed E-state index contributed by atoms with van der Waals surface area (Å²) in [6.07, 6.45) is 7.73. The third-order valence-electron chi connectivity index (χ3n) is 7.71. The summed E-state index contributed by atoms with van der Waals surface area (Å²) in [6, 6.07) is 15.9. The first-order valence-corrected chi connectivity index (χ1v) is 13.6. The molecule has 0 atom stereocenters. The van der Waals surface area contributed by atoms with E-state index >= 15 is 0 Å². The predicted octanol–water partition coefficient (Wildman–Crippen LogP) is 4.69. The number of fused-ring (bicyclic) bond motifs is 1. The lowest BCUT2D eigenvalue weighted by Crippen LogP contribution is -2.39. The van der Waals surface area contributed by atoms with E-state index in [4.69, 9.17) is 4.74 Å². The zero-order valence-corrected chi connectivity index (χ0v) is 22.1. The molecule has 2 saturated heterocycles. The number of benzene rings is 2. The van der Waals surface area contributed by atoms with Crippen LogP contribution in [-0.4, -0.2) is 84.5 Å². The highest BCUT2D eigenvalue weighted by molar-refractivity contribution is 5.97. The van der Waals surface area contributed by atoms with Crippen LogP contribution in [-0.2, 0) is 0 Å². The lowest BCUT2D eigenvalue weighted by Gasteiger charge is -2.33. The fourth-order valence-electron chi connectivity index (χ4n) is 5.58. The van der Waals surface area contributed by atoms with E-state index in [1.807, 2.05) is 4.90 Å². The summed E-state index contributed by atoms with van der Waals surface area (Å²) >= 11 is 0. The summed E-state index contributed by atoms with van der Waals surface area (Å²) in [7, 11) is 3.45. The van der Waals surface area contributed by atoms with E-state index in [0.717, 1.165) is 51.3 Å². The Balaban J connectivity index is 1.14. The number of amides is 2. The summed E-state index contributed by atoms with van der Waals surface area (Å²) in [4.78, 5) is 31.2. The van der Waals surface area contributed by atoms with Crippen molar-refractivity contribution >= 4 is 22.7 Å². The van der Waals surface area contributed by atoms with Crippen molar-refractivity contribution in [2.75, 3.05) is 53.4 Å². The maximum Gasteiger partial charge on any atom is 0.253 e. The highest BCUT2D eigenvalue weighted by Gasteiger charge is 2.25. The highest BCUT2D eigenvalue weighted by atomic mass is 16.5. The summed E-state index contributed by atoms with van der Waals surface area (Å²) in [5, 5.41) is 1.20. The predicted molar refractivity (Wildman–Crippen MR) is 146 cm³/mol. The van der Waals surface area contributed by atoms with Gasteiger partial charge in [0.25, 0.3) is 11.8 Å². The molecule has 0 radical (unpaired) electrons. The van der Waals surface area contributed by atoms with Crippen molar-refractivity contribution in [1.29, 1.82) is 0 Å². The van der Waals surface area contributed by atoms with Crippen molar-refractivity contribution in [2.24, 2.45) is 0 Å². The van der Waals surface area contributed by atoms with Gasteiger partial charge in [-0.15, -0.1) is 0 Å². The van der Waals surface area contributed by atoms with E-state index in [-0.39, 0.29) is 11.8 Å². The van der Waals surface area contributed by atoms with Crippen LogP contribution >= 0.6 is 0 Å². The number of ether oxygens (including phenoxy) is 1. The van der Waals surface area contributed by atoms with Crippen molar-refractivity contribution in [2.45, 2.75) is 38.1 Å². The molecule has 0 N–H and O–H groups in total. The number of carbonyl (C=O) groups is 2. The van der Waals surface area contributed by atoms with Crippen LogP contribution in [0.1, 0.15) is 58.9 Å². The average Bonchev–Trinajstić information content (AvgIpc) is 3.60. The summed E-state index contributed by atoms with van der Waals surface area (Å²) in [5.41, 5.74) is 2.44. The van der Waals surface area contributed by atoms with Crippen LogP contribution in [0.2, 0.25) is 0 Å². The number of likely N-dealkylation sites (tertiary alicyclic amines) is 2. The van der Waals surface area contributed by atoms with Gasteiger partial charge in [-0.05, 0) is 93.7 Å². The maximum absolute atomic E-state index is 13.0. The Kier molecular flexibility index (Phi) is 7.79. The molecule has 0 bridgehead atoms. The molecule has 37 heavy (non-hydrogen) atoms. The van der Waals surface area contributed by atoms with E-state index in [0.29, 0.717) is 17.2 Å². The molecule has 7 heteroatoms. The fraction of sp³-hybridized carbons (Fsp3) is 0.467. The second-order valence-corrected chi connectivity index (χ2v) is 10.5. The number of rotatable bonds is 8. The Morgan fingerprint density at radius 2 is 1.62 bits per heavy atom. The zero-order chi connectivity index (χ0) is 25.8. The van der Waals surface area contributed by atoms with Gasteiger partial charge in [-0.25, -0.2) is 0 Å². The number of carbonyl (C=O) groups excluding carboxylic acids is 2. The summed E-state index contributed by atoms with van der Waals surface area (Å²) < 4.78 is 8.40. The summed E-state index contributed by atoms with van der Waals surface area (Å²) in [5.74, 6) is 0.909. The third kappa shape index (κ3) is 5.82. The quantitative estimate of drug-likeness (QED) is 0.420. The standard InChI is InChI=1S/C30H38N4O3/c1-31(2)29(35)23-6-8-24(9-7-23)30(36)33-18-13-26(14-19-33)34-20-12-25-22-27(10-11-28(25)34)37-21-5-17-32-15-3-4-16-32/h6-12,20,22,26H,3-5,13-19,21H2,1-2H3. The Morgan fingerprint density at radius 1 is 0.919 bits per heavy atom. The van der Waals surface area contributed by atoms with Crippen LogP contribution in [0.15, 0.2) is 54.7 Å². The molecule has 0 unspecified atom stereocenters. The molecular formula is C30H38N4O3. The van der Waals surface area contributed by atoms with E-state index in [2.05, 4.69) is 39.9 Å². The Morgan fingerprint density at radius 3 is 2.32 bits per heavy atom. The number of aromatic nitrogens is 1. The molecule has 2 aromatic carbocycles. The van der Waals surface area contributed by atoms with E-state index in [9.17, 15) is 9.59 Å². The second kappa shape index (κ2) is 11.4. The largest absolute Gasteiger partial charge is 0.494 e. The topological polar surface area (TPSA) is 58.0 Å². The van der Waals surface area contributed by atoms with Gasteiger partial charge in [-0.2, -0.15) is 0 Å². The SMILES string of the molecule is CN(C)C(=O)c1ccc(C(=O)N2CCC(n3ccc4cc(OCCCN5CCCC5)ccc43)CC2)cc1. The van der Waals surface area contributed by atoms with Crippen LogP contribution in [0.5, 0.6) is 5.75 Å². The van der Waals surface area contributed by atoms with Crippen LogP contribution in [0.3, 0.4) is 0 Å². The molecule has 2 amide bonds. The maximum atomic E-state index is 13.0. The zero-order valence-electron chi connectivity index (χ0n) is 22.1. The third-order valence-corrected chi connectivity index (χ3v) is 7.71. The smallest absolute Gasteiger partial charge is 0.253 e. The second-order valence-electron chi connectivity index (χ2n) is 10.5. The number of nitrogens with zero attached hydrogens (tertiary/aromatic N) is 4. The van der Waals surface area contributed by atoms with Crippen molar-refractivity contribution in [1.82, 2.24) is 19.3 Å². The van der Waals surface area contributed by atoms with Crippen molar-refractivity contribution in [3.63, 3.8) is 0 Å². The minimum atomic E-state index is -0.0602. The van der Waals surface area contributed by atoms with Crippen LogP contribution < -0.4 is 4.74 Å². The molecule has 196 valence electrons. The molecule has 3 heterocycles. The molecule has 7 nitrogen and oxygen atoms in total. The Bertz CT molecular complexity index is 1220. The number of hydrogen-bond donors (Lipinski definition) is 0. The lowest BCUT2D eigenvalue weighted by atomic mass is 10.0. The van der Waals surface area contributed by atoms with Gasteiger partial charge in [0.05, 0.1) is 6.61 Å². The highest BCUT2D eigenvalue weighted by Crippen LogP contribution is 2.30. The van der Waals surface area contributed by atoms with Crippen molar-refractivity contribution < 1.29 is 14.3 Å². The monoisotopic (exact) mass is 502 g/mol. The van der Waals surface area contributed by atoms with E-state index < -0.39 is 0 Å². The number of piperidine rings is 1. The average molecular weight is 503 g/mol. The van der Waals surface area contributed by atoms with E-state index in [1.165, 1.54) is 41.7 Å². The normalized spacial score (nSPS) is 16.9. The molecule has 5 rings (SSSR count). The molecule has 0 aliphatic carbocycles. The van der Waals surface area contributed by atoms with Crippen molar-refractivity contribution in [3.8, 4) is 5.75 Å². The van der Waals surface area contributed by atoms with Gasteiger partial charge in [0, 0.05) is 68.0 Å². The summed E-state index contributed by atoms with van der Waals surface area (Å²) in [6.45, 7) is 5.79. The Labute approximate surface area is 219 Å². The minimum absolute atomic E-state index is 0.0335. The molecule has 1 aromatic heterocycles. The van der Waals surface area contributed by atoms with E-state index in [1.54, 1.807) is 38.4 Å². The van der Waals surface area contributed by atoms with Gasteiger partial charge in [0.1, 0.15) is 5.75 Å². The first-order chi connectivity index (χ1) is 18.0. The van der Waals surface area contributed by atoms with Gasteiger partial charge < -0.3 is 24.0 Å². The van der Waals surface area contributed by atoms with Gasteiger partial charge in [-0.1, -0.05) is 0 Å². The first-order valence-electron chi connectivity index (χ1n) is 13.6. The molecule has 0 saturated carbocycles. The molecule has 3 aromatic rings. The molecule has 0 spiro atoms. The van der Waals surface area contributed by atoms with Gasteiger partial charge >= 0.3 is 0 Å². The van der Waals surface area contributed by atoms with Crippen LogP contribution in [0.25, 0.3) is 10.9 Å². The first kappa shape index (κ1) is 25.3.